The molecule has 0 unspecified atom stereocenters. The van der Waals surface area contributed by atoms with E-state index in [2.05, 4.69) is 20.4 Å². The minimum absolute atomic E-state index is 0.111. The van der Waals surface area contributed by atoms with Gasteiger partial charge >= 0.3 is 0 Å². The summed E-state index contributed by atoms with van der Waals surface area (Å²) >= 11 is 9.69. The van der Waals surface area contributed by atoms with Crippen LogP contribution < -0.4 is 0 Å². The van der Waals surface area contributed by atoms with Crippen molar-refractivity contribution in [2.45, 2.75) is 39.5 Å². The van der Waals surface area contributed by atoms with Crippen LogP contribution in [-0.4, -0.2) is 0 Å². The lowest BCUT2D eigenvalue weighted by Crippen LogP contribution is -1.66. The molecule has 0 saturated carbocycles. The average Bonchev–Trinajstić information content (AvgIpc) is 1.82. The highest BCUT2D eigenvalue weighted by Gasteiger charge is 1.75. The van der Waals surface area contributed by atoms with Crippen LogP contribution in [0, 0.1) is 0 Å². The van der Waals surface area contributed by atoms with E-state index in [4.69, 9.17) is 23.2 Å². The number of halogens is 2. The molecule has 0 fully saturated rings. The van der Waals surface area contributed by atoms with Crippen LogP contribution in [0.2, 0.25) is 0 Å². The molecule has 0 saturated heterocycles. The molecule has 0 aromatic carbocycles. The summed E-state index contributed by atoms with van der Waals surface area (Å²) in [6.45, 7) is 7.55. The van der Waals surface area contributed by atoms with Crippen LogP contribution >= 0.6 is 23.2 Å². The molecule has 0 amide bonds. The zero-order valence-electron chi connectivity index (χ0n) is 6.79. The third-order valence-electron chi connectivity index (χ3n) is 0.957. The van der Waals surface area contributed by atoms with Crippen LogP contribution in [-0.2, 0) is 0 Å². The topological polar surface area (TPSA) is 0 Å². The van der Waals surface area contributed by atoms with Gasteiger partial charge in [-0.05, 0) is 0 Å². The standard InChI is InChI=1S/C6H14.C2H2Cl2/c1-3-5-6-4-2;1-2(3)4/h3-6H2,1-2H3;1H2. The Morgan fingerprint density at radius 3 is 1.40 bits per heavy atom. The van der Waals surface area contributed by atoms with E-state index in [1.54, 1.807) is 0 Å². The highest BCUT2D eigenvalue weighted by Crippen LogP contribution is 1.98. The number of rotatable bonds is 3. The van der Waals surface area contributed by atoms with Crippen molar-refractivity contribution in [1.82, 2.24) is 0 Å². The number of hydrogen-bond donors (Lipinski definition) is 0. The van der Waals surface area contributed by atoms with Crippen molar-refractivity contribution in [3.63, 3.8) is 0 Å². The summed E-state index contributed by atoms with van der Waals surface area (Å²) in [5.41, 5.74) is 0. The van der Waals surface area contributed by atoms with E-state index in [9.17, 15) is 0 Å². The van der Waals surface area contributed by atoms with Crippen molar-refractivity contribution < 1.29 is 0 Å². The summed E-state index contributed by atoms with van der Waals surface area (Å²) in [7, 11) is 0. The van der Waals surface area contributed by atoms with E-state index >= 15 is 0 Å². The van der Waals surface area contributed by atoms with Crippen molar-refractivity contribution in [1.29, 1.82) is 0 Å². The van der Waals surface area contributed by atoms with E-state index in [0.29, 0.717) is 0 Å². The third-order valence-corrected chi connectivity index (χ3v) is 0.957. The van der Waals surface area contributed by atoms with Crippen LogP contribution in [0.4, 0.5) is 0 Å². The van der Waals surface area contributed by atoms with Crippen LogP contribution in [0.3, 0.4) is 0 Å². The summed E-state index contributed by atoms with van der Waals surface area (Å²) in [6, 6.07) is 0. The minimum atomic E-state index is 0.111. The first-order valence-electron chi connectivity index (χ1n) is 3.65. The highest BCUT2D eigenvalue weighted by atomic mass is 35.5. The van der Waals surface area contributed by atoms with Gasteiger partial charge in [-0.2, -0.15) is 0 Å². The maximum absolute atomic E-state index is 4.85. The van der Waals surface area contributed by atoms with Gasteiger partial charge in [0.2, 0.25) is 0 Å². The van der Waals surface area contributed by atoms with Gasteiger partial charge in [0.05, 0.1) is 4.49 Å². The fourth-order valence-electron chi connectivity index (χ4n) is 0.500. The van der Waals surface area contributed by atoms with Crippen molar-refractivity contribution in [3.05, 3.63) is 11.1 Å². The molecule has 0 spiro atoms. The zero-order valence-corrected chi connectivity index (χ0v) is 8.30. The molecule has 0 aliphatic heterocycles. The lowest BCUT2D eigenvalue weighted by molar-refractivity contribution is 0.702. The molecule has 0 atom stereocenters. The average molecular weight is 183 g/mol. The molecule has 0 radical (unpaired) electrons. The first kappa shape index (κ1) is 12.9. The van der Waals surface area contributed by atoms with Gasteiger partial charge in [0, 0.05) is 0 Å². The summed E-state index contributed by atoms with van der Waals surface area (Å²) in [5, 5.41) is 0. The maximum atomic E-state index is 4.85. The quantitative estimate of drug-likeness (QED) is 0.564. The summed E-state index contributed by atoms with van der Waals surface area (Å²) in [6.07, 6.45) is 5.54. The molecule has 62 valence electrons. The Labute approximate surface area is 74.2 Å². The molecular formula is C8H16Cl2. The normalized spacial score (nSPS) is 8.00. The first-order chi connectivity index (χ1) is 4.65. The molecule has 0 aliphatic rings. The van der Waals surface area contributed by atoms with Gasteiger partial charge in [-0.15, -0.1) is 0 Å². The second-order valence-electron chi connectivity index (χ2n) is 2.05. The molecule has 0 aromatic rings. The number of unbranched alkanes of at least 4 members (excludes halogenated alkanes) is 3. The largest absolute Gasteiger partial charge is 0.0992 e. The highest BCUT2D eigenvalue weighted by molar-refractivity contribution is 6.55. The van der Waals surface area contributed by atoms with Crippen molar-refractivity contribution in [3.8, 4) is 0 Å². The predicted molar refractivity (Wildman–Crippen MR) is 50.7 cm³/mol. The molecule has 0 N–H and O–H groups in total. The summed E-state index contributed by atoms with van der Waals surface area (Å²) in [5.74, 6) is 0. The van der Waals surface area contributed by atoms with Crippen molar-refractivity contribution in [2.24, 2.45) is 0 Å². The molecule has 0 nitrogen and oxygen atoms in total. The van der Waals surface area contributed by atoms with E-state index < -0.39 is 0 Å². The van der Waals surface area contributed by atoms with E-state index in [0.717, 1.165) is 0 Å². The van der Waals surface area contributed by atoms with Crippen LogP contribution in [0.5, 0.6) is 0 Å². The molecule has 10 heavy (non-hydrogen) atoms. The fourth-order valence-corrected chi connectivity index (χ4v) is 0.500. The summed E-state index contributed by atoms with van der Waals surface area (Å²) in [4.78, 5) is 0. The van der Waals surface area contributed by atoms with Crippen molar-refractivity contribution in [2.75, 3.05) is 0 Å². The number of hydrogen-bond acceptors (Lipinski definition) is 0. The second kappa shape index (κ2) is 12.0. The van der Waals surface area contributed by atoms with Gasteiger partial charge in [-0.3, -0.25) is 0 Å². The maximum Gasteiger partial charge on any atom is 0.0992 e. The Kier molecular flexibility index (Phi) is 15.6. The lowest BCUT2D eigenvalue weighted by Gasteiger charge is -1.86. The molecule has 2 heteroatoms. The van der Waals surface area contributed by atoms with Crippen LogP contribution in [0.1, 0.15) is 39.5 Å². The predicted octanol–water partition coefficient (Wildman–Crippen LogP) is 4.52. The Morgan fingerprint density at radius 2 is 1.30 bits per heavy atom. The smallest absolute Gasteiger partial charge is 0.0716 e. The third kappa shape index (κ3) is 40.4. The summed E-state index contributed by atoms with van der Waals surface area (Å²) < 4.78 is 0.111. The van der Waals surface area contributed by atoms with Gasteiger partial charge < -0.3 is 0 Å². The Hall–Kier alpha value is 0.320. The van der Waals surface area contributed by atoms with E-state index in [1.165, 1.54) is 25.7 Å². The van der Waals surface area contributed by atoms with Crippen LogP contribution in [0.15, 0.2) is 11.1 Å². The van der Waals surface area contributed by atoms with Gasteiger partial charge in [0.25, 0.3) is 0 Å². The van der Waals surface area contributed by atoms with Crippen LogP contribution in [0.25, 0.3) is 0 Å². The fraction of sp³-hybridized carbons (Fsp3) is 0.750. The Bertz CT molecular complexity index is 61.7. The zero-order chi connectivity index (χ0) is 8.41. The second-order valence-corrected chi connectivity index (χ2v) is 3.15. The monoisotopic (exact) mass is 182 g/mol. The molecule has 0 aliphatic carbocycles. The van der Waals surface area contributed by atoms with Gasteiger partial charge in [0.15, 0.2) is 0 Å². The van der Waals surface area contributed by atoms with Gasteiger partial charge in [-0.1, -0.05) is 69.3 Å². The minimum Gasteiger partial charge on any atom is -0.0716 e. The molecule has 0 rings (SSSR count). The van der Waals surface area contributed by atoms with Crippen molar-refractivity contribution >= 4 is 23.2 Å². The molecule has 0 bridgehead atoms. The molecule has 0 heterocycles. The van der Waals surface area contributed by atoms with E-state index in [1.807, 2.05) is 0 Å². The van der Waals surface area contributed by atoms with Gasteiger partial charge in [-0.25, -0.2) is 0 Å². The first-order valence-corrected chi connectivity index (χ1v) is 4.40. The van der Waals surface area contributed by atoms with E-state index in [-0.39, 0.29) is 4.49 Å². The molecular weight excluding hydrogens is 167 g/mol. The molecule has 0 aromatic heterocycles. The Balaban J connectivity index is 0. The Morgan fingerprint density at radius 1 is 1.10 bits per heavy atom. The lowest BCUT2D eigenvalue weighted by atomic mass is 10.2. The van der Waals surface area contributed by atoms with Gasteiger partial charge in [0.1, 0.15) is 0 Å². The SMILES string of the molecule is C=C(Cl)Cl.CCCCCC.